The van der Waals surface area contributed by atoms with E-state index < -0.39 is 0 Å². The van der Waals surface area contributed by atoms with E-state index in [4.69, 9.17) is 0 Å². The van der Waals surface area contributed by atoms with Crippen molar-refractivity contribution in [2.75, 3.05) is 11.9 Å². The Morgan fingerprint density at radius 2 is 1.81 bits per heavy atom. The fourth-order valence-corrected chi connectivity index (χ4v) is 3.32. The first-order valence-corrected chi connectivity index (χ1v) is 8.91. The minimum atomic E-state index is 0.0401. The molecule has 0 spiro atoms. The Hall–Kier alpha value is -3.14. The van der Waals surface area contributed by atoms with Crippen LogP contribution in [0.2, 0.25) is 0 Å². The molecule has 0 fully saturated rings. The lowest BCUT2D eigenvalue weighted by molar-refractivity contribution is -0.120. The standard InChI is InChI=1S/C22H21N3O/c26-21(14-16-4-2-1-3-5-16)25-15-17-6-8-18(9-7-17)19-10-12-23-22-20(19)11-13-24-22/h1-10,12H,11,13-15H2,(H,23,24)(H,25,26). The maximum Gasteiger partial charge on any atom is 0.224 e. The number of hydrogen-bond donors (Lipinski definition) is 2. The van der Waals surface area contributed by atoms with Gasteiger partial charge in [-0.2, -0.15) is 0 Å². The molecule has 1 aromatic heterocycles. The molecule has 0 bridgehead atoms. The van der Waals surface area contributed by atoms with Gasteiger partial charge >= 0.3 is 0 Å². The molecule has 2 N–H and O–H groups in total. The lowest BCUT2D eigenvalue weighted by atomic mass is 9.99. The van der Waals surface area contributed by atoms with Gasteiger partial charge in [-0.25, -0.2) is 4.98 Å². The molecule has 4 nitrogen and oxygen atoms in total. The van der Waals surface area contributed by atoms with Gasteiger partial charge in [0.15, 0.2) is 0 Å². The van der Waals surface area contributed by atoms with Crippen LogP contribution >= 0.6 is 0 Å². The fourth-order valence-electron chi connectivity index (χ4n) is 3.32. The minimum Gasteiger partial charge on any atom is -0.369 e. The molecule has 1 amide bonds. The highest BCUT2D eigenvalue weighted by atomic mass is 16.1. The van der Waals surface area contributed by atoms with Gasteiger partial charge < -0.3 is 10.6 Å². The summed E-state index contributed by atoms with van der Waals surface area (Å²) in [6.07, 6.45) is 3.27. The third-order valence-electron chi connectivity index (χ3n) is 4.69. The van der Waals surface area contributed by atoms with E-state index in [2.05, 4.69) is 45.9 Å². The summed E-state index contributed by atoms with van der Waals surface area (Å²) in [5.41, 5.74) is 5.84. The smallest absolute Gasteiger partial charge is 0.224 e. The number of carbonyl (C=O) groups is 1. The number of hydrogen-bond acceptors (Lipinski definition) is 3. The maximum atomic E-state index is 12.1. The number of nitrogens with zero attached hydrogens (tertiary/aromatic N) is 1. The molecule has 2 aromatic carbocycles. The maximum absolute atomic E-state index is 12.1. The second kappa shape index (κ2) is 7.40. The van der Waals surface area contributed by atoms with Gasteiger partial charge in [-0.3, -0.25) is 4.79 Å². The molecule has 130 valence electrons. The van der Waals surface area contributed by atoms with Crippen molar-refractivity contribution in [1.29, 1.82) is 0 Å². The molecule has 1 aliphatic heterocycles. The second-order valence-electron chi connectivity index (χ2n) is 6.50. The van der Waals surface area contributed by atoms with Crippen LogP contribution in [0, 0.1) is 0 Å². The average Bonchev–Trinajstić information content (AvgIpc) is 3.16. The molecule has 0 unspecified atom stereocenters. The van der Waals surface area contributed by atoms with E-state index in [0.717, 1.165) is 29.9 Å². The van der Waals surface area contributed by atoms with Crippen molar-refractivity contribution in [2.24, 2.45) is 0 Å². The van der Waals surface area contributed by atoms with Crippen molar-refractivity contribution < 1.29 is 4.79 Å². The molecule has 0 aliphatic carbocycles. The van der Waals surface area contributed by atoms with Crippen LogP contribution in [-0.2, 0) is 24.2 Å². The molecule has 0 saturated carbocycles. The minimum absolute atomic E-state index is 0.0401. The second-order valence-corrected chi connectivity index (χ2v) is 6.50. The first-order chi connectivity index (χ1) is 12.8. The molecule has 4 heteroatoms. The van der Waals surface area contributed by atoms with Gasteiger partial charge in [0.2, 0.25) is 5.91 Å². The molecular formula is C22H21N3O. The largest absolute Gasteiger partial charge is 0.369 e. The highest BCUT2D eigenvalue weighted by Crippen LogP contribution is 2.31. The van der Waals surface area contributed by atoms with Crippen LogP contribution in [-0.4, -0.2) is 17.4 Å². The van der Waals surface area contributed by atoms with Gasteiger partial charge in [-0.05, 0) is 34.7 Å². The van der Waals surface area contributed by atoms with Crippen molar-refractivity contribution in [3.05, 3.63) is 83.6 Å². The van der Waals surface area contributed by atoms with E-state index in [1.807, 2.05) is 36.5 Å². The quantitative estimate of drug-likeness (QED) is 0.744. The van der Waals surface area contributed by atoms with Gasteiger partial charge in [0.1, 0.15) is 5.82 Å². The number of aromatic nitrogens is 1. The Morgan fingerprint density at radius 1 is 1.00 bits per heavy atom. The number of carbonyl (C=O) groups excluding carboxylic acids is 1. The Bertz CT molecular complexity index is 904. The van der Waals surface area contributed by atoms with Crippen LogP contribution in [0.5, 0.6) is 0 Å². The SMILES string of the molecule is O=C(Cc1ccccc1)NCc1ccc(-c2ccnc3c2CCN3)cc1. The van der Waals surface area contributed by atoms with Gasteiger partial charge in [-0.15, -0.1) is 0 Å². The average molecular weight is 343 g/mol. The summed E-state index contributed by atoms with van der Waals surface area (Å²) in [4.78, 5) is 16.5. The van der Waals surface area contributed by atoms with Gasteiger partial charge in [0.05, 0.1) is 6.42 Å². The predicted molar refractivity (Wildman–Crippen MR) is 104 cm³/mol. The number of benzene rings is 2. The van der Waals surface area contributed by atoms with Crippen LogP contribution in [0.25, 0.3) is 11.1 Å². The van der Waals surface area contributed by atoms with Crippen molar-refractivity contribution >= 4 is 11.7 Å². The first kappa shape index (κ1) is 16.3. The van der Waals surface area contributed by atoms with Gasteiger partial charge in [-0.1, -0.05) is 54.6 Å². The van der Waals surface area contributed by atoms with Crippen molar-refractivity contribution in [2.45, 2.75) is 19.4 Å². The van der Waals surface area contributed by atoms with E-state index in [9.17, 15) is 4.79 Å². The summed E-state index contributed by atoms with van der Waals surface area (Å²) in [6.45, 7) is 1.49. The lowest BCUT2D eigenvalue weighted by Gasteiger charge is -2.09. The number of nitrogens with one attached hydrogen (secondary N) is 2. The molecular weight excluding hydrogens is 322 g/mol. The van der Waals surface area contributed by atoms with E-state index in [0.29, 0.717) is 13.0 Å². The Morgan fingerprint density at radius 3 is 2.62 bits per heavy atom. The molecule has 0 saturated heterocycles. The predicted octanol–water partition coefficient (Wildman–Crippen LogP) is 3.58. The van der Waals surface area contributed by atoms with Gasteiger partial charge in [0, 0.05) is 24.8 Å². The Balaban J connectivity index is 1.39. The summed E-state index contributed by atoms with van der Waals surface area (Å²) in [5.74, 6) is 1.04. The summed E-state index contributed by atoms with van der Waals surface area (Å²) >= 11 is 0. The molecule has 0 radical (unpaired) electrons. The monoisotopic (exact) mass is 343 g/mol. The molecule has 2 heterocycles. The van der Waals surface area contributed by atoms with Crippen LogP contribution in [0.15, 0.2) is 66.9 Å². The van der Waals surface area contributed by atoms with Crippen LogP contribution in [0.3, 0.4) is 0 Å². The van der Waals surface area contributed by atoms with Crippen molar-refractivity contribution in [3.8, 4) is 11.1 Å². The summed E-state index contributed by atoms with van der Waals surface area (Å²) in [6, 6.07) is 20.3. The van der Waals surface area contributed by atoms with Crippen molar-refractivity contribution in [1.82, 2.24) is 10.3 Å². The molecule has 3 aromatic rings. The summed E-state index contributed by atoms with van der Waals surface area (Å²) < 4.78 is 0. The van der Waals surface area contributed by atoms with E-state index in [-0.39, 0.29) is 5.91 Å². The van der Waals surface area contributed by atoms with E-state index in [1.165, 1.54) is 16.7 Å². The molecule has 4 rings (SSSR count). The third-order valence-corrected chi connectivity index (χ3v) is 4.69. The number of anilines is 1. The zero-order valence-electron chi connectivity index (χ0n) is 14.5. The number of fused-ring (bicyclic) bond motifs is 1. The highest BCUT2D eigenvalue weighted by Gasteiger charge is 2.16. The van der Waals surface area contributed by atoms with Crippen LogP contribution in [0.1, 0.15) is 16.7 Å². The highest BCUT2D eigenvalue weighted by molar-refractivity contribution is 5.78. The zero-order valence-corrected chi connectivity index (χ0v) is 14.5. The first-order valence-electron chi connectivity index (χ1n) is 8.91. The normalized spacial score (nSPS) is 12.3. The van der Waals surface area contributed by atoms with Gasteiger partial charge in [0.25, 0.3) is 0 Å². The molecule has 0 atom stereocenters. The van der Waals surface area contributed by atoms with Crippen molar-refractivity contribution in [3.63, 3.8) is 0 Å². The van der Waals surface area contributed by atoms with E-state index >= 15 is 0 Å². The number of pyridine rings is 1. The Labute approximate surface area is 153 Å². The lowest BCUT2D eigenvalue weighted by Crippen LogP contribution is -2.24. The summed E-state index contributed by atoms with van der Waals surface area (Å²) in [7, 11) is 0. The third kappa shape index (κ3) is 3.59. The van der Waals surface area contributed by atoms with Crippen LogP contribution < -0.4 is 10.6 Å². The topological polar surface area (TPSA) is 54.0 Å². The zero-order chi connectivity index (χ0) is 17.8. The fraction of sp³-hybridized carbons (Fsp3) is 0.182. The Kier molecular flexibility index (Phi) is 4.65. The van der Waals surface area contributed by atoms with E-state index in [1.54, 1.807) is 0 Å². The summed E-state index contributed by atoms with van der Waals surface area (Å²) in [5, 5.41) is 6.31. The molecule has 26 heavy (non-hydrogen) atoms. The number of rotatable bonds is 5. The number of amides is 1. The van der Waals surface area contributed by atoms with Crippen LogP contribution in [0.4, 0.5) is 5.82 Å². The molecule has 1 aliphatic rings.